The molecule has 0 spiro atoms. The van der Waals surface area contributed by atoms with Gasteiger partial charge >= 0.3 is 0 Å². The van der Waals surface area contributed by atoms with Gasteiger partial charge < -0.3 is 4.74 Å². The van der Waals surface area contributed by atoms with Crippen molar-refractivity contribution in [3.63, 3.8) is 0 Å². The van der Waals surface area contributed by atoms with Gasteiger partial charge in [-0.05, 0) is 23.5 Å². The van der Waals surface area contributed by atoms with E-state index >= 15 is 0 Å². The Labute approximate surface area is 82.1 Å². The molecule has 0 N–H and O–H groups in total. The molecular weight excluding hydrogens is 219 g/mol. The number of rotatable bonds is 0. The summed E-state index contributed by atoms with van der Waals surface area (Å²) in [5.74, 6) is 0.618. The number of hydrogen-bond donors (Lipinski definition) is 0. The van der Waals surface area contributed by atoms with Crippen LogP contribution in [0.3, 0.4) is 0 Å². The molecule has 2 aliphatic rings. The van der Waals surface area contributed by atoms with Crippen LogP contribution in [0.25, 0.3) is 0 Å². The Morgan fingerprint density at radius 1 is 1.50 bits per heavy atom. The van der Waals surface area contributed by atoms with Gasteiger partial charge in [-0.25, -0.2) is 0 Å². The maximum Gasteiger partial charge on any atom is 0.183 e. The number of nitrogens with zero attached hydrogens (tertiary/aromatic N) is 2. The Balaban J connectivity index is 2.42. The lowest BCUT2D eigenvalue weighted by Gasteiger charge is -2.20. The molecule has 2 aliphatic heterocycles. The molecule has 0 bridgehead atoms. The number of allylic oxidation sites excluding steroid dienone is 1. The second-order valence-electron chi connectivity index (χ2n) is 2.42. The quantitative estimate of drug-likeness (QED) is 0.583. The van der Waals surface area contributed by atoms with Crippen LogP contribution >= 0.6 is 22.3 Å². The van der Waals surface area contributed by atoms with Crippen molar-refractivity contribution < 1.29 is 4.74 Å². The van der Waals surface area contributed by atoms with Crippen molar-refractivity contribution in [1.29, 1.82) is 0 Å². The summed E-state index contributed by atoms with van der Waals surface area (Å²) in [6.45, 7) is 0.691. The van der Waals surface area contributed by atoms with Crippen LogP contribution in [-0.4, -0.2) is 12.3 Å². The fraction of sp³-hybridized carbons (Fsp3) is 0.500. The van der Waals surface area contributed by atoms with Gasteiger partial charge in [0, 0.05) is 0 Å². The fourth-order valence-electron chi connectivity index (χ4n) is 1.10. The highest BCUT2D eigenvalue weighted by atomic mass is 35.7. The van der Waals surface area contributed by atoms with Gasteiger partial charge in [-0.15, -0.1) is 0 Å². The topological polar surface area (TPSA) is 34.0 Å². The maximum atomic E-state index is 5.81. The third-order valence-corrected chi connectivity index (χ3v) is 3.07. The highest BCUT2D eigenvalue weighted by Crippen LogP contribution is 2.27. The van der Waals surface area contributed by atoms with Crippen LogP contribution in [0, 0.1) is 0 Å². The SMILES string of the molecule is ClC1=C2OCCCC2=NS(Cl)=N1. The van der Waals surface area contributed by atoms with Gasteiger partial charge in [0.15, 0.2) is 10.9 Å². The van der Waals surface area contributed by atoms with E-state index < -0.39 is 10.1 Å². The van der Waals surface area contributed by atoms with Crippen LogP contribution in [0.1, 0.15) is 12.8 Å². The number of hydrogen-bond acceptors (Lipinski definition) is 3. The Kier molecular flexibility index (Phi) is 2.39. The van der Waals surface area contributed by atoms with Gasteiger partial charge in [-0.1, -0.05) is 11.6 Å². The standard InChI is InChI=1S/C6H6Cl2N2OS/c7-6-5-4(2-1-3-11-5)9-12(8)10-6/h1-3H2. The molecule has 0 aromatic carbocycles. The summed E-state index contributed by atoms with van der Waals surface area (Å²) in [6, 6.07) is 0. The van der Waals surface area contributed by atoms with E-state index in [4.69, 9.17) is 27.0 Å². The molecule has 0 amide bonds. The first-order valence-corrected chi connectivity index (χ1v) is 5.84. The normalized spacial score (nSPS) is 28.5. The molecule has 2 heterocycles. The van der Waals surface area contributed by atoms with Crippen LogP contribution < -0.4 is 0 Å². The first kappa shape index (κ1) is 8.53. The minimum absolute atomic E-state index is 0.359. The number of halogens is 2. The van der Waals surface area contributed by atoms with Gasteiger partial charge in [-0.3, -0.25) is 0 Å². The zero-order chi connectivity index (χ0) is 8.55. The van der Waals surface area contributed by atoms with Crippen molar-refractivity contribution in [1.82, 2.24) is 0 Å². The van der Waals surface area contributed by atoms with Crippen molar-refractivity contribution in [3.8, 4) is 0 Å². The highest BCUT2D eigenvalue weighted by molar-refractivity contribution is 8.09. The minimum Gasteiger partial charge on any atom is -0.488 e. The molecule has 12 heavy (non-hydrogen) atoms. The average Bonchev–Trinajstić information content (AvgIpc) is 2.04. The summed E-state index contributed by atoms with van der Waals surface area (Å²) >= 11 is 5.81. The Bertz CT molecular complexity index is 311. The minimum atomic E-state index is -0.823. The zero-order valence-corrected chi connectivity index (χ0v) is 8.42. The van der Waals surface area contributed by atoms with E-state index in [-0.39, 0.29) is 0 Å². The maximum absolute atomic E-state index is 5.81. The van der Waals surface area contributed by atoms with Crippen LogP contribution in [0.2, 0.25) is 0 Å². The Morgan fingerprint density at radius 3 is 3.17 bits per heavy atom. The largest absolute Gasteiger partial charge is 0.488 e. The molecule has 1 unspecified atom stereocenters. The van der Waals surface area contributed by atoms with Crippen LogP contribution in [0.5, 0.6) is 0 Å². The van der Waals surface area contributed by atoms with Gasteiger partial charge in [-0.2, -0.15) is 8.76 Å². The molecule has 3 nitrogen and oxygen atoms in total. The predicted molar refractivity (Wildman–Crippen MR) is 51.1 cm³/mol. The molecule has 0 aromatic heterocycles. The molecule has 0 aromatic rings. The molecule has 6 heteroatoms. The lowest BCUT2D eigenvalue weighted by molar-refractivity contribution is 0.212. The van der Waals surface area contributed by atoms with Crippen molar-refractivity contribution >= 4 is 38.1 Å². The van der Waals surface area contributed by atoms with E-state index in [9.17, 15) is 0 Å². The Morgan fingerprint density at radius 2 is 2.33 bits per heavy atom. The van der Waals surface area contributed by atoms with Gasteiger partial charge in [0.25, 0.3) is 0 Å². The highest BCUT2D eigenvalue weighted by Gasteiger charge is 2.22. The number of fused-ring (bicyclic) bond motifs is 1. The second-order valence-corrected chi connectivity index (χ2v) is 4.41. The van der Waals surface area contributed by atoms with Crippen molar-refractivity contribution in [3.05, 3.63) is 10.9 Å². The van der Waals surface area contributed by atoms with E-state index in [1.807, 2.05) is 0 Å². The number of ether oxygens (including phenoxy) is 1. The molecule has 0 aliphatic carbocycles. The zero-order valence-electron chi connectivity index (χ0n) is 6.09. The van der Waals surface area contributed by atoms with Gasteiger partial charge in [0.05, 0.1) is 12.3 Å². The molecule has 0 saturated carbocycles. The molecule has 0 radical (unpaired) electrons. The van der Waals surface area contributed by atoms with Crippen LogP contribution in [0.4, 0.5) is 0 Å². The molecule has 2 rings (SSSR count). The first-order chi connectivity index (χ1) is 5.77. The average molecular weight is 225 g/mol. The van der Waals surface area contributed by atoms with E-state index in [1.165, 1.54) is 0 Å². The summed E-state index contributed by atoms with van der Waals surface area (Å²) in [4.78, 5) is 0. The van der Waals surface area contributed by atoms with Crippen molar-refractivity contribution in [2.24, 2.45) is 8.76 Å². The Hall–Kier alpha value is -0.0600. The monoisotopic (exact) mass is 224 g/mol. The summed E-state index contributed by atoms with van der Waals surface area (Å²) in [5.41, 5.74) is 0.861. The fourth-order valence-corrected chi connectivity index (χ4v) is 2.63. The third kappa shape index (κ3) is 1.51. The second kappa shape index (κ2) is 3.36. The van der Waals surface area contributed by atoms with E-state index in [0.717, 1.165) is 18.6 Å². The molecule has 66 valence electrons. The summed E-state index contributed by atoms with van der Waals surface area (Å²) in [5, 5.41) is 0.359. The summed E-state index contributed by atoms with van der Waals surface area (Å²) < 4.78 is 13.3. The molecular formula is C6H6Cl2N2OS. The predicted octanol–water partition coefficient (Wildman–Crippen LogP) is 2.53. The van der Waals surface area contributed by atoms with Crippen molar-refractivity contribution in [2.45, 2.75) is 12.8 Å². The lowest BCUT2D eigenvalue weighted by atomic mass is 10.1. The van der Waals surface area contributed by atoms with Crippen LogP contribution in [0.15, 0.2) is 19.7 Å². The first-order valence-electron chi connectivity index (χ1n) is 3.50. The van der Waals surface area contributed by atoms with Gasteiger partial charge in [0.1, 0.15) is 10.1 Å². The van der Waals surface area contributed by atoms with E-state index in [2.05, 4.69) is 8.76 Å². The van der Waals surface area contributed by atoms with Crippen molar-refractivity contribution in [2.75, 3.05) is 6.61 Å². The van der Waals surface area contributed by atoms with E-state index in [1.54, 1.807) is 0 Å². The molecule has 1 atom stereocenters. The van der Waals surface area contributed by atoms with Crippen LogP contribution in [-0.2, 0) is 14.8 Å². The smallest absolute Gasteiger partial charge is 0.183 e. The van der Waals surface area contributed by atoms with E-state index in [0.29, 0.717) is 17.5 Å². The third-order valence-electron chi connectivity index (χ3n) is 1.59. The molecule has 1 fully saturated rings. The lowest BCUT2D eigenvalue weighted by Crippen LogP contribution is -2.17. The van der Waals surface area contributed by atoms with Gasteiger partial charge in [0.2, 0.25) is 0 Å². The molecule has 1 saturated heterocycles. The summed E-state index contributed by atoms with van der Waals surface area (Å²) in [6.07, 6.45) is 1.86. The summed E-state index contributed by atoms with van der Waals surface area (Å²) in [7, 11) is 4.91.